The number of nitrogens with one attached hydrogen (secondary N) is 2. The average Bonchev–Trinajstić information content (AvgIpc) is 2.84. The topological polar surface area (TPSA) is 67.0 Å². The first-order valence-corrected chi connectivity index (χ1v) is 5.82. The van der Waals surface area contributed by atoms with Crippen LogP contribution in [0.5, 0.6) is 0 Å². The fraction of sp³-hybridized carbons (Fsp3) is 0.231. The summed E-state index contributed by atoms with van der Waals surface area (Å²) in [6.45, 7) is 1.18. The molecule has 3 rings (SSSR count). The van der Waals surface area contributed by atoms with Gasteiger partial charge in [-0.15, -0.1) is 0 Å². The quantitative estimate of drug-likeness (QED) is 0.851. The van der Waals surface area contributed by atoms with Crippen molar-refractivity contribution in [3.8, 4) is 11.3 Å². The number of amides is 1. The maximum absolute atomic E-state index is 12.1. The van der Waals surface area contributed by atoms with Crippen molar-refractivity contribution in [1.29, 1.82) is 0 Å². The van der Waals surface area contributed by atoms with E-state index in [1.165, 1.54) is 0 Å². The van der Waals surface area contributed by atoms with E-state index in [2.05, 4.69) is 15.5 Å². The van der Waals surface area contributed by atoms with Crippen LogP contribution in [0.15, 0.2) is 36.5 Å². The van der Waals surface area contributed by atoms with Crippen molar-refractivity contribution in [3.05, 3.63) is 42.1 Å². The van der Waals surface area contributed by atoms with E-state index < -0.39 is 0 Å². The van der Waals surface area contributed by atoms with E-state index in [0.29, 0.717) is 18.8 Å². The van der Waals surface area contributed by atoms with E-state index in [9.17, 15) is 4.79 Å². The minimum Gasteiger partial charge on any atom is -0.377 e. The predicted molar refractivity (Wildman–Crippen MR) is 66.1 cm³/mol. The molecule has 1 aromatic heterocycles. The second-order valence-corrected chi connectivity index (χ2v) is 4.23. The Hall–Kier alpha value is -2.14. The Bertz CT molecular complexity index is 546. The molecule has 0 bridgehead atoms. The van der Waals surface area contributed by atoms with E-state index in [-0.39, 0.29) is 11.9 Å². The van der Waals surface area contributed by atoms with Crippen LogP contribution in [-0.4, -0.2) is 35.4 Å². The Balaban J connectivity index is 1.84. The van der Waals surface area contributed by atoms with Crippen LogP contribution in [0.25, 0.3) is 11.3 Å². The lowest BCUT2D eigenvalue weighted by atomic mass is 10.1. The lowest BCUT2D eigenvalue weighted by Crippen LogP contribution is -2.48. The molecule has 5 nitrogen and oxygen atoms in total. The molecule has 0 atom stereocenters. The molecule has 1 saturated heterocycles. The van der Waals surface area contributed by atoms with Crippen LogP contribution < -0.4 is 5.32 Å². The Morgan fingerprint density at radius 3 is 2.78 bits per heavy atom. The van der Waals surface area contributed by atoms with Crippen LogP contribution in [0.1, 0.15) is 10.4 Å². The van der Waals surface area contributed by atoms with Gasteiger partial charge in [0.1, 0.15) is 0 Å². The Morgan fingerprint density at radius 2 is 2.11 bits per heavy atom. The molecule has 2 aromatic rings. The smallest absolute Gasteiger partial charge is 0.255 e. The molecule has 1 amide bonds. The van der Waals surface area contributed by atoms with Gasteiger partial charge in [0.25, 0.3) is 5.91 Å². The monoisotopic (exact) mass is 243 g/mol. The summed E-state index contributed by atoms with van der Waals surface area (Å²) >= 11 is 0. The van der Waals surface area contributed by atoms with Gasteiger partial charge in [0.05, 0.1) is 36.7 Å². The summed E-state index contributed by atoms with van der Waals surface area (Å²) in [6, 6.07) is 9.80. The van der Waals surface area contributed by atoms with E-state index in [1.54, 1.807) is 6.20 Å². The molecular weight excluding hydrogens is 230 g/mol. The highest BCUT2D eigenvalue weighted by molar-refractivity contribution is 5.99. The van der Waals surface area contributed by atoms with Gasteiger partial charge in [-0.3, -0.25) is 9.89 Å². The molecule has 0 aliphatic carbocycles. The summed E-state index contributed by atoms with van der Waals surface area (Å²) in [5.74, 6) is -0.115. The fourth-order valence-electron chi connectivity index (χ4n) is 1.87. The number of nitrogens with zero attached hydrogens (tertiary/aromatic N) is 1. The van der Waals surface area contributed by atoms with Crippen LogP contribution in [0.3, 0.4) is 0 Å². The van der Waals surface area contributed by atoms with Crippen molar-refractivity contribution in [2.24, 2.45) is 0 Å². The van der Waals surface area contributed by atoms with Crippen LogP contribution in [0.2, 0.25) is 0 Å². The zero-order chi connectivity index (χ0) is 12.4. The molecule has 1 fully saturated rings. The molecule has 1 aromatic carbocycles. The summed E-state index contributed by atoms with van der Waals surface area (Å²) in [5, 5.41) is 9.73. The summed E-state index contributed by atoms with van der Waals surface area (Å²) < 4.78 is 5.03. The highest BCUT2D eigenvalue weighted by Gasteiger charge is 2.23. The molecule has 5 heteroatoms. The van der Waals surface area contributed by atoms with Crippen molar-refractivity contribution in [1.82, 2.24) is 15.5 Å². The number of hydrogen-bond acceptors (Lipinski definition) is 3. The van der Waals surface area contributed by atoms with Crippen LogP contribution in [0.4, 0.5) is 0 Å². The maximum atomic E-state index is 12.1. The van der Waals surface area contributed by atoms with Gasteiger partial charge < -0.3 is 10.1 Å². The maximum Gasteiger partial charge on any atom is 0.255 e. The van der Waals surface area contributed by atoms with Gasteiger partial charge >= 0.3 is 0 Å². The van der Waals surface area contributed by atoms with Gasteiger partial charge in [0.15, 0.2) is 0 Å². The molecule has 2 N–H and O–H groups in total. The third-order valence-electron chi connectivity index (χ3n) is 2.92. The molecule has 18 heavy (non-hydrogen) atoms. The van der Waals surface area contributed by atoms with Crippen LogP contribution in [-0.2, 0) is 4.74 Å². The van der Waals surface area contributed by atoms with Gasteiger partial charge in [-0.1, -0.05) is 30.3 Å². The number of benzene rings is 1. The van der Waals surface area contributed by atoms with Gasteiger partial charge in [-0.2, -0.15) is 5.10 Å². The third-order valence-corrected chi connectivity index (χ3v) is 2.92. The van der Waals surface area contributed by atoms with Crippen LogP contribution >= 0.6 is 0 Å². The highest BCUT2D eigenvalue weighted by Crippen LogP contribution is 2.20. The predicted octanol–water partition coefficient (Wildman–Crippen LogP) is 1.21. The first-order chi connectivity index (χ1) is 8.84. The van der Waals surface area contributed by atoms with Gasteiger partial charge in [-0.05, 0) is 0 Å². The Kier molecular flexibility index (Phi) is 2.82. The molecule has 92 valence electrons. The second-order valence-electron chi connectivity index (χ2n) is 4.23. The lowest BCUT2D eigenvalue weighted by molar-refractivity contribution is -0.00345. The van der Waals surface area contributed by atoms with E-state index >= 15 is 0 Å². The Labute approximate surface area is 104 Å². The van der Waals surface area contributed by atoms with E-state index in [1.807, 2.05) is 30.3 Å². The number of rotatable bonds is 3. The molecule has 0 unspecified atom stereocenters. The molecule has 0 spiro atoms. The van der Waals surface area contributed by atoms with Gasteiger partial charge in [0.2, 0.25) is 0 Å². The number of ether oxygens (including phenoxy) is 1. The van der Waals surface area contributed by atoms with Crippen molar-refractivity contribution < 1.29 is 9.53 Å². The third kappa shape index (κ3) is 2.00. The number of H-pyrrole nitrogens is 1. The summed E-state index contributed by atoms with van der Waals surface area (Å²) in [5.41, 5.74) is 2.26. The molecule has 0 saturated carbocycles. The van der Waals surface area contributed by atoms with Crippen molar-refractivity contribution in [2.45, 2.75) is 6.04 Å². The minimum atomic E-state index is -0.115. The minimum absolute atomic E-state index is 0.115. The Morgan fingerprint density at radius 1 is 1.33 bits per heavy atom. The van der Waals surface area contributed by atoms with E-state index in [0.717, 1.165) is 11.3 Å². The standard InChI is InChI=1S/C13H13N3O2/c17-13(15-10-7-18-8-10)11-6-14-16-12(11)9-4-2-1-3-5-9/h1-6,10H,7-8H2,(H,14,16)(H,15,17). The fourth-order valence-corrected chi connectivity index (χ4v) is 1.87. The summed E-state index contributed by atoms with van der Waals surface area (Å²) in [4.78, 5) is 12.1. The first kappa shape index (κ1) is 11.0. The molecular formula is C13H13N3O2. The van der Waals surface area contributed by atoms with Gasteiger partial charge in [0, 0.05) is 5.56 Å². The SMILES string of the molecule is O=C(NC1COC1)c1cn[nH]c1-c1ccccc1. The number of hydrogen-bond donors (Lipinski definition) is 2. The van der Waals surface area contributed by atoms with Crippen molar-refractivity contribution in [2.75, 3.05) is 13.2 Å². The second kappa shape index (κ2) is 4.62. The normalized spacial score (nSPS) is 15.1. The summed E-state index contributed by atoms with van der Waals surface area (Å²) in [6.07, 6.45) is 1.55. The molecule has 1 aliphatic heterocycles. The average molecular weight is 243 g/mol. The number of aromatic amines is 1. The zero-order valence-electron chi connectivity index (χ0n) is 9.72. The van der Waals surface area contributed by atoms with Crippen LogP contribution in [0, 0.1) is 0 Å². The first-order valence-electron chi connectivity index (χ1n) is 5.82. The largest absolute Gasteiger partial charge is 0.377 e. The summed E-state index contributed by atoms with van der Waals surface area (Å²) in [7, 11) is 0. The molecule has 0 radical (unpaired) electrons. The van der Waals surface area contributed by atoms with E-state index in [4.69, 9.17) is 4.74 Å². The number of carbonyl (C=O) groups excluding carboxylic acids is 1. The van der Waals surface area contributed by atoms with Gasteiger partial charge in [-0.25, -0.2) is 0 Å². The zero-order valence-corrected chi connectivity index (χ0v) is 9.72. The highest BCUT2D eigenvalue weighted by atomic mass is 16.5. The molecule has 1 aliphatic rings. The number of carbonyl (C=O) groups is 1. The molecule has 2 heterocycles. The lowest BCUT2D eigenvalue weighted by Gasteiger charge is -2.26. The van der Waals surface area contributed by atoms with Crippen molar-refractivity contribution in [3.63, 3.8) is 0 Å². The van der Waals surface area contributed by atoms with Crippen molar-refractivity contribution >= 4 is 5.91 Å². The number of aromatic nitrogens is 2.